The Morgan fingerprint density at radius 3 is 2.32 bits per heavy atom. The van der Waals surface area contributed by atoms with Crippen LogP contribution in [0.4, 0.5) is 0 Å². The Hall–Kier alpha value is -1.35. The van der Waals surface area contributed by atoms with E-state index in [-0.39, 0.29) is 29.9 Å². The van der Waals surface area contributed by atoms with Crippen LogP contribution in [0.25, 0.3) is 0 Å². The lowest BCUT2D eigenvalue weighted by molar-refractivity contribution is -0.122. The lowest BCUT2D eigenvalue weighted by atomic mass is 10.1. The molecule has 156 valence electrons. The van der Waals surface area contributed by atoms with Crippen molar-refractivity contribution in [2.75, 3.05) is 46.3 Å². The van der Waals surface area contributed by atoms with Gasteiger partial charge in [-0.25, -0.2) is 0 Å². The molecule has 1 aromatic carbocycles. The highest BCUT2D eigenvalue weighted by Crippen LogP contribution is 2.18. The number of piperazine rings is 1. The predicted octanol–water partition coefficient (Wildman–Crippen LogP) is 1.88. The normalized spacial score (nSPS) is 17.8. The topological polar surface area (TPSA) is 60.0 Å². The van der Waals surface area contributed by atoms with Crippen molar-refractivity contribution in [3.8, 4) is 0 Å². The molecule has 0 aromatic heterocycles. The molecule has 2 fully saturated rings. The number of carbonyl (C=O) groups excluding carboxylic acids is 1. The minimum absolute atomic E-state index is 0. The van der Waals surface area contributed by atoms with Gasteiger partial charge in [0, 0.05) is 45.8 Å². The van der Waals surface area contributed by atoms with Crippen LogP contribution in [-0.2, 0) is 17.6 Å². The molecule has 28 heavy (non-hydrogen) atoms. The Labute approximate surface area is 186 Å². The lowest BCUT2D eigenvalue weighted by Gasteiger charge is -2.36. The van der Waals surface area contributed by atoms with Gasteiger partial charge < -0.3 is 15.5 Å². The zero-order valence-corrected chi connectivity index (χ0v) is 19.4. The second kappa shape index (κ2) is 11.6. The van der Waals surface area contributed by atoms with Gasteiger partial charge in [0.1, 0.15) is 0 Å². The Kier molecular flexibility index (Phi) is 9.50. The molecule has 0 bridgehead atoms. The molecule has 0 atom stereocenters. The van der Waals surface area contributed by atoms with Crippen molar-refractivity contribution in [2.24, 2.45) is 4.99 Å². The van der Waals surface area contributed by atoms with Crippen LogP contribution in [0.1, 0.15) is 30.9 Å². The highest BCUT2D eigenvalue weighted by Gasteiger charge is 2.25. The minimum Gasteiger partial charge on any atom is -0.356 e. The number of amides is 1. The first-order valence-electron chi connectivity index (χ1n) is 10.2. The van der Waals surface area contributed by atoms with E-state index in [0.717, 1.165) is 64.4 Å². The number of aliphatic imine (C=N–C) groups is 1. The van der Waals surface area contributed by atoms with Gasteiger partial charge in [-0.3, -0.25) is 14.7 Å². The third-order valence-electron chi connectivity index (χ3n) is 5.32. The molecule has 2 aliphatic rings. The number of guanidine groups is 1. The van der Waals surface area contributed by atoms with Gasteiger partial charge in [0.25, 0.3) is 0 Å². The quantitative estimate of drug-likeness (QED) is 0.342. The van der Waals surface area contributed by atoms with Crippen LogP contribution in [-0.4, -0.2) is 74.0 Å². The fourth-order valence-electron chi connectivity index (χ4n) is 3.41. The summed E-state index contributed by atoms with van der Waals surface area (Å²) in [6.07, 6.45) is 4.36. The SMILES string of the molecule is CCc1ccc(CCNC(=NC)N2CCN(CC(=O)NC3CC3)CC2)cc1.I. The summed E-state index contributed by atoms with van der Waals surface area (Å²) >= 11 is 0. The summed E-state index contributed by atoms with van der Waals surface area (Å²) < 4.78 is 0. The van der Waals surface area contributed by atoms with E-state index in [0.29, 0.717) is 12.6 Å². The van der Waals surface area contributed by atoms with E-state index >= 15 is 0 Å². The molecular formula is C21H34IN5O. The molecular weight excluding hydrogens is 465 g/mol. The Bertz CT molecular complexity index is 637. The molecule has 1 amide bonds. The first-order valence-corrected chi connectivity index (χ1v) is 10.2. The van der Waals surface area contributed by atoms with E-state index < -0.39 is 0 Å². The standard InChI is InChI=1S/C21H33N5O.HI/c1-3-17-4-6-18(7-5-17)10-11-23-21(22-2)26-14-12-25(13-15-26)16-20(27)24-19-8-9-19;/h4-7,19H,3,8-16H2,1-2H3,(H,22,23)(H,24,27);1H. The fourth-order valence-corrected chi connectivity index (χ4v) is 3.41. The van der Waals surface area contributed by atoms with Gasteiger partial charge in [-0.2, -0.15) is 0 Å². The van der Waals surface area contributed by atoms with Crippen molar-refractivity contribution in [2.45, 2.75) is 38.6 Å². The molecule has 1 aromatic rings. The lowest BCUT2D eigenvalue weighted by Crippen LogP contribution is -2.54. The highest BCUT2D eigenvalue weighted by molar-refractivity contribution is 14.0. The van der Waals surface area contributed by atoms with Gasteiger partial charge in [-0.05, 0) is 36.8 Å². The summed E-state index contributed by atoms with van der Waals surface area (Å²) in [7, 11) is 1.84. The molecule has 2 N–H and O–H groups in total. The monoisotopic (exact) mass is 499 g/mol. The molecule has 1 aliphatic carbocycles. The van der Waals surface area contributed by atoms with Crippen molar-refractivity contribution in [3.05, 3.63) is 35.4 Å². The number of benzene rings is 1. The van der Waals surface area contributed by atoms with Gasteiger partial charge in [0.15, 0.2) is 5.96 Å². The summed E-state index contributed by atoms with van der Waals surface area (Å²) in [4.78, 5) is 20.9. The Morgan fingerprint density at radius 2 is 1.75 bits per heavy atom. The van der Waals surface area contributed by atoms with Crippen LogP contribution in [0.15, 0.2) is 29.3 Å². The largest absolute Gasteiger partial charge is 0.356 e. The van der Waals surface area contributed by atoms with E-state index in [4.69, 9.17) is 0 Å². The Balaban J connectivity index is 0.00000280. The zero-order chi connectivity index (χ0) is 19.1. The zero-order valence-electron chi connectivity index (χ0n) is 17.1. The van der Waals surface area contributed by atoms with Crippen molar-refractivity contribution in [1.82, 2.24) is 20.4 Å². The van der Waals surface area contributed by atoms with E-state index in [1.54, 1.807) is 0 Å². The van der Waals surface area contributed by atoms with Crippen molar-refractivity contribution in [3.63, 3.8) is 0 Å². The number of nitrogens with one attached hydrogen (secondary N) is 2. The summed E-state index contributed by atoms with van der Waals surface area (Å²) in [5.41, 5.74) is 2.73. The van der Waals surface area contributed by atoms with Crippen LogP contribution in [0.3, 0.4) is 0 Å². The summed E-state index contributed by atoms with van der Waals surface area (Å²) in [5.74, 6) is 1.13. The van der Waals surface area contributed by atoms with E-state index in [1.165, 1.54) is 11.1 Å². The second-order valence-electron chi connectivity index (χ2n) is 7.50. The number of nitrogens with zero attached hydrogens (tertiary/aromatic N) is 3. The molecule has 1 aliphatic heterocycles. The third-order valence-corrected chi connectivity index (χ3v) is 5.32. The van der Waals surface area contributed by atoms with Crippen LogP contribution in [0.5, 0.6) is 0 Å². The van der Waals surface area contributed by atoms with Crippen LogP contribution < -0.4 is 10.6 Å². The summed E-state index contributed by atoms with van der Waals surface area (Å²) in [6, 6.07) is 9.30. The molecule has 3 rings (SSSR count). The van der Waals surface area contributed by atoms with Crippen molar-refractivity contribution in [1.29, 1.82) is 0 Å². The maximum atomic E-state index is 11.9. The van der Waals surface area contributed by atoms with Crippen LogP contribution in [0, 0.1) is 0 Å². The highest BCUT2D eigenvalue weighted by atomic mass is 127. The van der Waals surface area contributed by atoms with E-state index in [9.17, 15) is 4.79 Å². The summed E-state index contributed by atoms with van der Waals surface area (Å²) in [6.45, 7) is 7.18. The molecule has 6 nitrogen and oxygen atoms in total. The Morgan fingerprint density at radius 1 is 1.11 bits per heavy atom. The molecule has 1 heterocycles. The fraction of sp³-hybridized carbons (Fsp3) is 0.619. The molecule has 0 spiro atoms. The van der Waals surface area contributed by atoms with Gasteiger partial charge in [0.05, 0.1) is 6.54 Å². The number of rotatable bonds is 7. The number of halogens is 1. The van der Waals surface area contributed by atoms with Gasteiger partial charge in [-0.15, -0.1) is 24.0 Å². The number of aryl methyl sites for hydroxylation is 1. The number of hydrogen-bond acceptors (Lipinski definition) is 3. The molecule has 1 saturated heterocycles. The van der Waals surface area contributed by atoms with Gasteiger partial charge >= 0.3 is 0 Å². The van der Waals surface area contributed by atoms with Gasteiger partial charge in [0.2, 0.25) is 5.91 Å². The third kappa shape index (κ3) is 7.24. The van der Waals surface area contributed by atoms with E-state index in [2.05, 4.69) is 56.6 Å². The van der Waals surface area contributed by atoms with Crippen molar-refractivity contribution >= 4 is 35.8 Å². The van der Waals surface area contributed by atoms with Crippen LogP contribution >= 0.6 is 24.0 Å². The first kappa shape index (κ1) is 22.9. The number of carbonyl (C=O) groups is 1. The maximum absolute atomic E-state index is 11.9. The molecule has 7 heteroatoms. The predicted molar refractivity (Wildman–Crippen MR) is 125 cm³/mol. The molecule has 0 unspecified atom stereocenters. The average Bonchev–Trinajstić information content (AvgIpc) is 3.50. The molecule has 0 radical (unpaired) electrons. The smallest absolute Gasteiger partial charge is 0.234 e. The van der Waals surface area contributed by atoms with E-state index in [1.807, 2.05) is 7.05 Å². The van der Waals surface area contributed by atoms with Crippen molar-refractivity contribution < 1.29 is 4.79 Å². The molecule has 1 saturated carbocycles. The maximum Gasteiger partial charge on any atom is 0.234 e. The second-order valence-corrected chi connectivity index (χ2v) is 7.50. The van der Waals surface area contributed by atoms with Gasteiger partial charge in [-0.1, -0.05) is 31.2 Å². The average molecular weight is 499 g/mol. The van der Waals surface area contributed by atoms with Crippen LogP contribution in [0.2, 0.25) is 0 Å². The first-order chi connectivity index (χ1) is 13.2. The number of hydrogen-bond donors (Lipinski definition) is 2. The summed E-state index contributed by atoms with van der Waals surface area (Å²) in [5, 5.41) is 6.55. The minimum atomic E-state index is 0.